The Balaban J connectivity index is 1.51. The monoisotopic (exact) mass is 703 g/mol. The van der Waals surface area contributed by atoms with E-state index in [0.29, 0.717) is 25.0 Å². The van der Waals surface area contributed by atoms with Crippen LogP contribution in [-0.2, 0) is 33.6 Å². The van der Waals surface area contributed by atoms with E-state index in [-0.39, 0.29) is 55.6 Å². The first-order valence-corrected chi connectivity index (χ1v) is 16.2. The number of anilines is 3. The Hall–Kier alpha value is -4.38. The van der Waals surface area contributed by atoms with Crippen molar-refractivity contribution in [3.05, 3.63) is 82.0 Å². The highest BCUT2D eigenvalue weighted by Crippen LogP contribution is 2.41. The van der Waals surface area contributed by atoms with Gasteiger partial charge in [-0.05, 0) is 61.4 Å². The molecule has 0 unspecified atom stereocenters. The Labute approximate surface area is 267 Å². The lowest BCUT2D eigenvalue weighted by molar-refractivity contribution is -0.140. The minimum atomic E-state index is -5.04. The smallest absolute Gasteiger partial charge is 0.419 e. The number of rotatable bonds is 7. The summed E-state index contributed by atoms with van der Waals surface area (Å²) in [6.07, 6.45) is -9.28. The van der Waals surface area contributed by atoms with Crippen molar-refractivity contribution in [3.8, 4) is 5.75 Å². The third kappa shape index (κ3) is 7.30. The van der Waals surface area contributed by atoms with Crippen molar-refractivity contribution >= 4 is 60.3 Å². The van der Waals surface area contributed by atoms with E-state index in [0.717, 1.165) is 35.6 Å². The summed E-state index contributed by atoms with van der Waals surface area (Å²) in [5.41, 5.74) is -2.96. The van der Waals surface area contributed by atoms with Gasteiger partial charge >= 0.3 is 12.4 Å². The molecule has 1 aliphatic heterocycles. The number of carbonyl (C=O) groups is 2. The average Bonchev–Trinajstić information content (AvgIpc) is 3.32. The molecule has 1 fully saturated rings. The van der Waals surface area contributed by atoms with Gasteiger partial charge in [-0.25, -0.2) is 12.8 Å². The van der Waals surface area contributed by atoms with E-state index in [1.165, 1.54) is 29.6 Å². The van der Waals surface area contributed by atoms with Gasteiger partial charge in [0.2, 0.25) is 15.9 Å². The molecule has 8 nitrogen and oxygen atoms in total. The first-order chi connectivity index (χ1) is 22.0. The number of ether oxygens (including phenoxy) is 1. The van der Waals surface area contributed by atoms with Crippen LogP contribution >= 0.6 is 11.3 Å². The Bertz CT molecular complexity index is 1970. The Kier molecular flexibility index (Phi) is 9.16. The van der Waals surface area contributed by atoms with Gasteiger partial charge in [0.15, 0.2) is 0 Å². The Morgan fingerprint density at radius 1 is 0.936 bits per heavy atom. The maximum atomic E-state index is 13.7. The van der Waals surface area contributed by atoms with E-state index >= 15 is 0 Å². The van der Waals surface area contributed by atoms with E-state index in [9.17, 15) is 48.7 Å². The summed E-state index contributed by atoms with van der Waals surface area (Å²) in [7, 11) is -2.37. The largest absolute Gasteiger partial charge is 0.496 e. The van der Waals surface area contributed by atoms with Crippen LogP contribution < -0.4 is 19.7 Å². The van der Waals surface area contributed by atoms with Gasteiger partial charge in [0.05, 0.1) is 47.3 Å². The van der Waals surface area contributed by atoms with Crippen molar-refractivity contribution in [2.75, 3.05) is 34.3 Å². The third-order valence-electron chi connectivity index (χ3n) is 7.27. The van der Waals surface area contributed by atoms with E-state index in [1.54, 1.807) is 0 Å². The van der Waals surface area contributed by atoms with Gasteiger partial charge < -0.3 is 15.4 Å². The zero-order chi connectivity index (χ0) is 34.3. The maximum Gasteiger partial charge on any atom is 0.419 e. The number of fused-ring (bicyclic) bond motifs is 1. The zero-order valence-corrected chi connectivity index (χ0v) is 25.8. The number of amides is 2. The van der Waals surface area contributed by atoms with Gasteiger partial charge in [-0.1, -0.05) is 6.07 Å². The standard InChI is InChI=1S/C30H24F7N3O5S2/c1-45-23-9-6-18(40-10-2-3-11-47(40,43)44)14-20(23)28(42)39-27-19-7-4-16(29(32,33)34)12-24(19)46-25(27)15-26(41)38-17-5-8-22(31)21(13-17)30(35,36)37/h4-9,12-14H,2-3,10-11,15H2,1H3,(H,38,41)(H,39,42). The number of carbonyl (C=O) groups excluding carboxylic acids is 2. The van der Waals surface area contributed by atoms with E-state index in [2.05, 4.69) is 10.6 Å². The lowest BCUT2D eigenvalue weighted by Gasteiger charge is -2.28. The van der Waals surface area contributed by atoms with Crippen molar-refractivity contribution in [3.63, 3.8) is 0 Å². The fourth-order valence-electron chi connectivity index (χ4n) is 5.04. The molecule has 0 aliphatic carbocycles. The van der Waals surface area contributed by atoms with Crippen LogP contribution in [0.2, 0.25) is 0 Å². The normalized spacial score (nSPS) is 15.0. The molecule has 0 spiro atoms. The number of halogens is 7. The molecule has 250 valence electrons. The van der Waals surface area contributed by atoms with Crippen molar-refractivity contribution < 1.29 is 53.5 Å². The highest BCUT2D eigenvalue weighted by molar-refractivity contribution is 7.92. The van der Waals surface area contributed by atoms with Crippen LogP contribution in [0.4, 0.5) is 47.8 Å². The van der Waals surface area contributed by atoms with Crippen molar-refractivity contribution in [1.29, 1.82) is 0 Å². The second kappa shape index (κ2) is 12.7. The predicted molar refractivity (Wildman–Crippen MR) is 162 cm³/mol. The van der Waals surface area contributed by atoms with Gasteiger partial charge in [0.1, 0.15) is 11.6 Å². The number of sulfonamides is 1. The third-order valence-corrected chi connectivity index (χ3v) is 10.3. The first kappa shape index (κ1) is 34.0. The van der Waals surface area contributed by atoms with Crippen molar-refractivity contribution in [2.24, 2.45) is 0 Å². The number of methoxy groups -OCH3 is 1. The second-order valence-electron chi connectivity index (χ2n) is 10.5. The van der Waals surface area contributed by atoms with Crippen molar-refractivity contribution in [1.82, 2.24) is 0 Å². The van der Waals surface area contributed by atoms with Gasteiger partial charge in [-0.2, -0.15) is 26.3 Å². The number of alkyl halides is 6. The molecule has 47 heavy (non-hydrogen) atoms. The number of hydrogen-bond acceptors (Lipinski definition) is 6. The SMILES string of the molecule is COc1ccc(N2CCCCS2(=O)=O)cc1C(=O)Nc1c(CC(=O)Nc2ccc(F)c(C(F)(F)F)c2)sc2cc(C(F)(F)F)ccc12. The van der Waals surface area contributed by atoms with Gasteiger partial charge in [-0.15, -0.1) is 11.3 Å². The molecule has 2 heterocycles. The second-order valence-corrected chi connectivity index (χ2v) is 13.6. The van der Waals surface area contributed by atoms with Crippen LogP contribution in [0.1, 0.15) is 39.2 Å². The number of nitrogens with zero attached hydrogens (tertiary/aromatic N) is 1. The van der Waals surface area contributed by atoms with Crippen LogP contribution in [0.3, 0.4) is 0 Å². The molecule has 0 bridgehead atoms. The predicted octanol–water partition coefficient (Wildman–Crippen LogP) is 7.45. The average molecular weight is 704 g/mol. The van der Waals surface area contributed by atoms with Crippen molar-refractivity contribution in [2.45, 2.75) is 31.6 Å². The first-order valence-electron chi connectivity index (χ1n) is 13.8. The summed E-state index contributed by atoms with van der Waals surface area (Å²) in [4.78, 5) is 26.7. The molecule has 4 aromatic rings. The zero-order valence-electron chi connectivity index (χ0n) is 24.2. The summed E-state index contributed by atoms with van der Waals surface area (Å²) in [5, 5.41) is 4.95. The fourth-order valence-corrected chi connectivity index (χ4v) is 7.87. The summed E-state index contributed by atoms with van der Waals surface area (Å²) >= 11 is 0.741. The molecule has 1 aromatic heterocycles. The van der Waals surface area contributed by atoms with Crippen LogP contribution in [0.15, 0.2) is 54.6 Å². The molecule has 5 rings (SSSR count). The minimum absolute atomic E-state index is 0.0409. The van der Waals surface area contributed by atoms with Crippen LogP contribution in [0.25, 0.3) is 10.1 Å². The molecule has 1 aliphatic rings. The summed E-state index contributed by atoms with van der Waals surface area (Å²) in [5.74, 6) is -3.33. The summed E-state index contributed by atoms with van der Waals surface area (Å²) < 4.78 is 126. The Morgan fingerprint density at radius 3 is 2.34 bits per heavy atom. The topological polar surface area (TPSA) is 105 Å². The molecular formula is C30H24F7N3O5S2. The number of benzene rings is 3. The summed E-state index contributed by atoms with van der Waals surface area (Å²) in [6, 6.07) is 8.71. The van der Waals surface area contributed by atoms with E-state index in [4.69, 9.17) is 4.74 Å². The van der Waals surface area contributed by atoms with Crippen LogP contribution in [-0.4, -0.2) is 39.6 Å². The molecule has 17 heteroatoms. The number of hydrogen-bond donors (Lipinski definition) is 2. The number of nitrogens with one attached hydrogen (secondary N) is 2. The highest BCUT2D eigenvalue weighted by atomic mass is 32.2. The van der Waals surface area contributed by atoms with E-state index < -0.39 is 57.6 Å². The minimum Gasteiger partial charge on any atom is -0.496 e. The molecule has 0 atom stereocenters. The lowest BCUT2D eigenvalue weighted by atomic mass is 10.1. The van der Waals surface area contributed by atoms with Crippen LogP contribution in [0, 0.1) is 5.82 Å². The lowest BCUT2D eigenvalue weighted by Crippen LogP contribution is -2.38. The Morgan fingerprint density at radius 2 is 1.68 bits per heavy atom. The fraction of sp³-hybridized carbons (Fsp3) is 0.267. The van der Waals surface area contributed by atoms with Gasteiger partial charge in [-0.3, -0.25) is 13.9 Å². The van der Waals surface area contributed by atoms with Crippen LogP contribution in [0.5, 0.6) is 5.75 Å². The van der Waals surface area contributed by atoms with E-state index in [1.807, 2.05) is 0 Å². The molecule has 2 amide bonds. The molecule has 2 N–H and O–H groups in total. The molecular weight excluding hydrogens is 679 g/mol. The number of thiophene rings is 1. The summed E-state index contributed by atoms with van der Waals surface area (Å²) in [6.45, 7) is 0.185. The molecule has 0 saturated carbocycles. The quantitative estimate of drug-likeness (QED) is 0.195. The molecule has 3 aromatic carbocycles. The molecule has 1 saturated heterocycles. The molecule has 0 radical (unpaired) electrons. The maximum absolute atomic E-state index is 13.7. The van der Waals surface area contributed by atoms with Gasteiger partial charge in [0.25, 0.3) is 5.91 Å². The van der Waals surface area contributed by atoms with Gasteiger partial charge in [0, 0.05) is 27.2 Å². The highest BCUT2D eigenvalue weighted by Gasteiger charge is 2.35.